The van der Waals surface area contributed by atoms with E-state index in [-0.39, 0.29) is 16.5 Å². The molecule has 5 rings (SSSR count). The van der Waals surface area contributed by atoms with E-state index >= 15 is 0 Å². The fraction of sp³-hybridized carbons (Fsp3) is 0.571. The van der Waals surface area contributed by atoms with Crippen molar-refractivity contribution in [3.8, 4) is 0 Å². The monoisotopic (exact) mass is 559 g/mol. The van der Waals surface area contributed by atoms with Crippen LogP contribution in [0.4, 0.5) is 0 Å². The number of carbonyl (C=O) groups is 1. The van der Waals surface area contributed by atoms with Crippen molar-refractivity contribution < 1.29 is 14.0 Å². The summed E-state index contributed by atoms with van der Waals surface area (Å²) in [4.78, 5) is 15.5. The molecule has 5 heteroatoms. The van der Waals surface area contributed by atoms with Crippen LogP contribution in [0, 0.1) is 11.8 Å². The molecule has 0 aromatic heterocycles. The average molecular weight is 560 g/mol. The minimum Gasteiger partial charge on any atom is -0.463 e. The number of fused-ring (bicyclic) bond motifs is 2. The van der Waals surface area contributed by atoms with Crippen LogP contribution in [0.3, 0.4) is 0 Å². The first-order chi connectivity index (χ1) is 19.2. The van der Waals surface area contributed by atoms with E-state index < -0.39 is 8.32 Å². The van der Waals surface area contributed by atoms with Gasteiger partial charge in [0.1, 0.15) is 0 Å². The molecule has 0 amide bonds. The zero-order chi connectivity index (χ0) is 28.4. The van der Waals surface area contributed by atoms with E-state index in [2.05, 4.69) is 99.3 Å². The molecule has 2 fully saturated rings. The van der Waals surface area contributed by atoms with Gasteiger partial charge in [-0.15, -0.1) is 0 Å². The summed E-state index contributed by atoms with van der Waals surface area (Å²) < 4.78 is 12.9. The van der Waals surface area contributed by atoms with Gasteiger partial charge < -0.3 is 9.16 Å². The van der Waals surface area contributed by atoms with Gasteiger partial charge in [-0.1, -0.05) is 107 Å². The Bertz CT molecular complexity index is 1130. The van der Waals surface area contributed by atoms with Crippen LogP contribution in [0.1, 0.15) is 79.6 Å². The molecule has 0 unspecified atom stereocenters. The molecule has 1 aliphatic carbocycles. The first-order valence-corrected chi connectivity index (χ1v) is 17.5. The molecule has 2 aromatic carbocycles. The third-order valence-electron chi connectivity index (χ3n) is 10.2. The number of rotatable bonds is 8. The number of esters is 1. The van der Waals surface area contributed by atoms with E-state index in [4.69, 9.17) is 9.16 Å². The topological polar surface area (TPSA) is 38.8 Å². The maximum Gasteiger partial charge on any atom is 0.334 e. The van der Waals surface area contributed by atoms with Crippen molar-refractivity contribution >= 4 is 24.7 Å². The van der Waals surface area contributed by atoms with Gasteiger partial charge in [0.2, 0.25) is 0 Å². The zero-order valence-electron chi connectivity index (χ0n) is 25.3. The van der Waals surface area contributed by atoms with E-state index in [9.17, 15) is 4.79 Å². The van der Waals surface area contributed by atoms with Crippen molar-refractivity contribution in [2.45, 2.75) is 96.2 Å². The average Bonchev–Trinajstić information content (AvgIpc) is 3.38. The van der Waals surface area contributed by atoms with Gasteiger partial charge in [-0.05, 0) is 66.3 Å². The lowest BCUT2D eigenvalue weighted by molar-refractivity contribution is -0.139. The van der Waals surface area contributed by atoms with Gasteiger partial charge in [0.25, 0.3) is 8.32 Å². The minimum atomic E-state index is -2.58. The van der Waals surface area contributed by atoms with Gasteiger partial charge in [-0.2, -0.15) is 0 Å². The second-order valence-electron chi connectivity index (χ2n) is 13.4. The number of benzene rings is 2. The molecule has 1 saturated carbocycles. The zero-order valence-corrected chi connectivity index (χ0v) is 26.3. The normalized spacial score (nSPS) is 26.3. The molecule has 0 bridgehead atoms. The van der Waals surface area contributed by atoms with E-state index in [1.165, 1.54) is 48.9 Å². The van der Waals surface area contributed by atoms with E-state index in [1.807, 2.05) is 6.92 Å². The Balaban J connectivity index is 1.44. The lowest BCUT2D eigenvalue weighted by Gasteiger charge is -2.55. The van der Waals surface area contributed by atoms with Crippen molar-refractivity contribution in [3.63, 3.8) is 0 Å². The second kappa shape index (κ2) is 12.0. The summed E-state index contributed by atoms with van der Waals surface area (Å²) in [6, 6.07) is 22.6. The Labute approximate surface area is 243 Å². The summed E-state index contributed by atoms with van der Waals surface area (Å²) in [5, 5.41) is 2.67. The maximum atomic E-state index is 12.7. The molecule has 2 heterocycles. The first kappa shape index (κ1) is 29.3. The van der Waals surface area contributed by atoms with Crippen LogP contribution in [0.25, 0.3) is 0 Å². The number of hydrogen-bond acceptors (Lipinski definition) is 4. The van der Waals surface area contributed by atoms with Crippen LogP contribution < -0.4 is 10.4 Å². The summed E-state index contributed by atoms with van der Waals surface area (Å²) >= 11 is 0. The van der Waals surface area contributed by atoms with Crippen molar-refractivity contribution in [3.05, 3.63) is 72.3 Å². The maximum absolute atomic E-state index is 12.7. The molecule has 2 aromatic rings. The molecule has 40 heavy (non-hydrogen) atoms. The highest BCUT2D eigenvalue weighted by atomic mass is 28.4. The molecule has 0 radical (unpaired) electrons. The number of nitrogens with zero attached hydrogens (tertiary/aromatic N) is 1. The summed E-state index contributed by atoms with van der Waals surface area (Å²) in [5.74, 6) is 0.870. The van der Waals surface area contributed by atoms with Gasteiger partial charge in [-0.3, -0.25) is 4.90 Å². The van der Waals surface area contributed by atoms with Crippen molar-refractivity contribution in [1.82, 2.24) is 4.90 Å². The molecule has 3 aliphatic rings. The molecule has 216 valence electrons. The van der Waals surface area contributed by atoms with Crippen LogP contribution in [0.15, 0.2) is 72.3 Å². The second-order valence-corrected chi connectivity index (χ2v) is 17.7. The standard InChI is InChI=1S/C35H49NO3Si/c1-6-38-33(37)28-21-22-29-15-13-23-35(36(29)25-28)24-14-20-32(35)27(2)26-39-40(34(3,4)5,30-16-9-7-10-17-30)31-18-11-8-12-19-31/h7-12,16-19,21,27,29,32H,6,13-15,20,22-26H2,1-5H3/t27-,29+,32+,35+/m0/s1. The SMILES string of the molecule is CCOC(=O)C1=CC[C@H]2CCC[C@]3(CCC[C@@H]3[C@@H](C)CO[Si](c3ccccc3)(c3ccccc3)C(C)(C)C)N2C1. The van der Waals surface area contributed by atoms with Crippen LogP contribution >= 0.6 is 0 Å². The van der Waals surface area contributed by atoms with Gasteiger partial charge in [0, 0.05) is 30.3 Å². The van der Waals surface area contributed by atoms with Crippen LogP contribution in [-0.2, 0) is 14.0 Å². The summed E-state index contributed by atoms with van der Waals surface area (Å²) in [5.41, 5.74) is 1.02. The van der Waals surface area contributed by atoms with Gasteiger partial charge in [0.15, 0.2) is 0 Å². The third kappa shape index (κ3) is 5.25. The lowest BCUT2D eigenvalue weighted by Crippen LogP contribution is -2.67. The molecular formula is C35H49NO3Si. The van der Waals surface area contributed by atoms with E-state index in [0.29, 0.717) is 24.5 Å². The number of carbonyl (C=O) groups excluding carboxylic acids is 1. The Morgan fingerprint density at radius 3 is 2.17 bits per heavy atom. The highest BCUT2D eigenvalue weighted by Gasteiger charge is 2.55. The predicted molar refractivity (Wildman–Crippen MR) is 166 cm³/mol. The number of ether oxygens (including phenoxy) is 1. The van der Waals surface area contributed by atoms with Crippen molar-refractivity contribution in [2.24, 2.45) is 11.8 Å². The molecule has 1 saturated heterocycles. The quantitative estimate of drug-likeness (QED) is 0.274. The largest absolute Gasteiger partial charge is 0.463 e. The fourth-order valence-corrected chi connectivity index (χ4v) is 13.1. The third-order valence-corrected chi connectivity index (χ3v) is 15.2. The summed E-state index contributed by atoms with van der Waals surface area (Å²) in [6.45, 7) is 13.4. The minimum absolute atomic E-state index is 0.0229. The Morgan fingerprint density at radius 1 is 1.00 bits per heavy atom. The van der Waals surface area contributed by atoms with E-state index in [1.54, 1.807) is 0 Å². The molecule has 1 spiro atoms. The highest BCUT2D eigenvalue weighted by Crippen LogP contribution is 2.52. The molecular weight excluding hydrogens is 510 g/mol. The first-order valence-electron chi connectivity index (χ1n) is 15.6. The van der Waals surface area contributed by atoms with Crippen LogP contribution in [-0.4, -0.2) is 50.5 Å². The lowest BCUT2D eigenvalue weighted by atomic mass is 9.70. The van der Waals surface area contributed by atoms with Gasteiger partial charge in [-0.25, -0.2) is 4.79 Å². The Hall–Kier alpha value is -2.21. The molecule has 4 atom stereocenters. The van der Waals surface area contributed by atoms with E-state index in [0.717, 1.165) is 25.1 Å². The molecule has 2 aliphatic heterocycles. The van der Waals surface area contributed by atoms with Gasteiger partial charge >= 0.3 is 5.97 Å². The summed E-state index contributed by atoms with van der Waals surface area (Å²) in [6.07, 6.45) is 10.6. The Kier molecular flexibility index (Phi) is 8.75. The fourth-order valence-electron chi connectivity index (χ4n) is 8.43. The number of piperidine rings is 1. The summed E-state index contributed by atoms with van der Waals surface area (Å²) in [7, 11) is -2.58. The van der Waals surface area contributed by atoms with Crippen LogP contribution in [0.2, 0.25) is 5.04 Å². The number of hydrogen-bond donors (Lipinski definition) is 0. The van der Waals surface area contributed by atoms with Crippen LogP contribution in [0.5, 0.6) is 0 Å². The van der Waals surface area contributed by atoms with Crippen molar-refractivity contribution in [1.29, 1.82) is 0 Å². The molecule has 0 N–H and O–H groups in total. The predicted octanol–water partition coefficient (Wildman–Crippen LogP) is 6.49. The van der Waals surface area contributed by atoms with Crippen molar-refractivity contribution in [2.75, 3.05) is 19.8 Å². The highest BCUT2D eigenvalue weighted by molar-refractivity contribution is 6.99. The smallest absolute Gasteiger partial charge is 0.334 e. The molecule has 4 nitrogen and oxygen atoms in total. The Morgan fingerprint density at radius 2 is 1.60 bits per heavy atom. The van der Waals surface area contributed by atoms with Gasteiger partial charge in [0.05, 0.1) is 6.61 Å².